The fraction of sp³-hybridized carbons (Fsp3) is 0.0833. The minimum Gasteiger partial charge on any atom is -0.348 e. The summed E-state index contributed by atoms with van der Waals surface area (Å²) >= 11 is 1.61. The summed E-state index contributed by atoms with van der Waals surface area (Å²) in [4.78, 5) is 22.8. The Balaban J connectivity index is 1.34. The van der Waals surface area contributed by atoms with Gasteiger partial charge in [-0.05, 0) is 34.7 Å². The van der Waals surface area contributed by atoms with Crippen molar-refractivity contribution in [2.45, 2.75) is 13.1 Å². The van der Waals surface area contributed by atoms with Crippen LogP contribution >= 0.6 is 11.3 Å². The number of nitrogens with one attached hydrogen (secondary N) is 1. The van der Waals surface area contributed by atoms with Gasteiger partial charge in [-0.15, -0.1) is 11.3 Å². The molecule has 3 heterocycles. The van der Waals surface area contributed by atoms with Crippen LogP contribution in [0.15, 0.2) is 84.8 Å². The Labute approximate surface area is 183 Å². The van der Waals surface area contributed by atoms with Crippen LogP contribution in [0.5, 0.6) is 0 Å². The van der Waals surface area contributed by atoms with Gasteiger partial charge in [-0.1, -0.05) is 48.5 Å². The lowest BCUT2D eigenvalue weighted by atomic mass is 10.1. The molecule has 0 unspecified atom stereocenters. The van der Waals surface area contributed by atoms with Gasteiger partial charge in [0.25, 0.3) is 5.91 Å². The summed E-state index contributed by atoms with van der Waals surface area (Å²) in [6.45, 7) is 1.12. The number of amides is 1. The van der Waals surface area contributed by atoms with E-state index in [-0.39, 0.29) is 5.91 Å². The maximum atomic E-state index is 13.1. The largest absolute Gasteiger partial charge is 0.348 e. The Bertz CT molecular complexity index is 1310. The second-order valence-electron chi connectivity index (χ2n) is 7.14. The minimum atomic E-state index is -0.108. The Kier molecular flexibility index (Phi) is 5.24. The molecular formula is C24H19N5OS. The molecule has 5 rings (SSSR count). The standard InChI is InChI=1S/C24H19N5OS/c30-24(26-13-17-7-9-18(10-8-17)14-29-16-25-15-27-29)20-12-22(23-6-3-11-31-23)28-21-5-2-1-4-19(20)21/h1-12,15-16H,13-14H2,(H,26,30). The van der Waals surface area contributed by atoms with E-state index in [4.69, 9.17) is 4.98 Å². The zero-order chi connectivity index (χ0) is 21.0. The molecule has 152 valence electrons. The van der Waals surface area contributed by atoms with Crippen LogP contribution in [0.4, 0.5) is 0 Å². The number of carbonyl (C=O) groups is 1. The molecule has 0 spiro atoms. The fourth-order valence-electron chi connectivity index (χ4n) is 3.46. The van der Waals surface area contributed by atoms with Gasteiger partial charge in [0.1, 0.15) is 12.7 Å². The molecule has 0 bridgehead atoms. The van der Waals surface area contributed by atoms with Gasteiger partial charge in [0.15, 0.2) is 0 Å². The Morgan fingerprint density at radius 3 is 2.61 bits per heavy atom. The SMILES string of the molecule is O=C(NCc1ccc(Cn2cncn2)cc1)c1cc(-c2cccs2)nc2ccccc12. The summed E-state index contributed by atoms with van der Waals surface area (Å²) in [5.74, 6) is -0.108. The second kappa shape index (κ2) is 8.49. The molecule has 0 aliphatic rings. The van der Waals surface area contributed by atoms with E-state index < -0.39 is 0 Å². The van der Waals surface area contributed by atoms with E-state index in [1.54, 1.807) is 22.3 Å². The third-order valence-corrected chi connectivity index (χ3v) is 5.91. The third-order valence-electron chi connectivity index (χ3n) is 5.02. The second-order valence-corrected chi connectivity index (χ2v) is 8.09. The molecule has 3 aromatic heterocycles. The molecule has 2 aromatic carbocycles. The molecule has 1 amide bonds. The summed E-state index contributed by atoms with van der Waals surface area (Å²) in [5.41, 5.74) is 4.43. The lowest BCUT2D eigenvalue weighted by Crippen LogP contribution is -2.23. The van der Waals surface area contributed by atoms with Crippen molar-refractivity contribution in [2.24, 2.45) is 0 Å². The van der Waals surface area contributed by atoms with E-state index in [1.165, 1.54) is 6.33 Å². The van der Waals surface area contributed by atoms with Crippen LogP contribution in [-0.4, -0.2) is 25.7 Å². The van der Waals surface area contributed by atoms with Crippen molar-refractivity contribution in [3.8, 4) is 10.6 Å². The highest BCUT2D eigenvalue weighted by Crippen LogP contribution is 2.27. The maximum absolute atomic E-state index is 13.1. The van der Waals surface area contributed by atoms with Crippen LogP contribution in [0.1, 0.15) is 21.5 Å². The van der Waals surface area contributed by atoms with Crippen LogP contribution in [0.25, 0.3) is 21.5 Å². The van der Waals surface area contributed by atoms with Crippen LogP contribution in [0.2, 0.25) is 0 Å². The van der Waals surface area contributed by atoms with Crippen molar-refractivity contribution in [2.75, 3.05) is 0 Å². The summed E-state index contributed by atoms with van der Waals surface area (Å²) in [6.07, 6.45) is 3.22. The summed E-state index contributed by atoms with van der Waals surface area (Å²) in [7, 11) is 0. The molecule has 0 saturated carbocycles. The number of benzene rings is 2. The molecule has 0 fully saturated rings. The average molecular weight is 426 g/mol. The highest BCUT2D eigenvalue weighted by molar-refractivity contribution is 7.13. The van der Waals surface area contributed by atoms with Gasteiger partial charge >= 0.3 is 0 Å². The third kappa shape index (κ3) is 4.22. The molecule has 5 aromatic rings. The van der Waals surface area contributed by atoms with E-state index in [9.17, 15) is 4.79 Å². The number of nitrogens with zero attached hydrogens (tertiary/aromatic N) is 4. The Morgan fingerprint density at radius 2 is 1.84 bits per heavy atom. The zero-order valence-electron chi connectivity index (χ0n) is 16.6. The van der Waals surface area contributed by atoms with E-state index in [2.05, 4.69) is 15.4 Å². The summed E-state index contributed by atoms with van der Waals surface area (Å²) in [5, 5.41) is 10.0. The van der Waals surface area contributed by atoms with E-state index in [0.717, 1.165) is 32.6 Å². The number of aromatic nitrogens is 4. The van der Waals surface area contributed by atoms with Gasteiger partial charge in [0, 0.05) is 11.9 Å². The highest BCUT2D eigenvalue weighted by atomic mass is 32.1. The lowest BCUT2D eigenvalue weighted by molar-refractivity contribution is 0.0952. The van der Waals surface area contributed by atoms with Gasteiger partial charge in [-0.25, -0.2) is 14.6 Å². The number of hydrogen-bond acceptors (Lipinski definition) is 5. The maximum Gasteiger partial charge on any atom is 0.252 e. The van der Waals surface area contributed by atoms with Crippen LogP contribution < -0.4 is 5.32 Å². The number of thiophene rings is 1. The number of fused-ring (bicyclic) bond motifs is 1. The first-order valence-corrected chi connectivity index (χ1v) is 10.8. The molecule has 7 heteroatoms. The molecule has 31 heavy (non-hydrogen) atoms. The number of carbonyl (C=O) groups excluding carboxylic acids is 1. The van der Waals surface area contributed by atoms with E-state index in [1.807, 2.05) is 72.1 Å². The number of rotatable bonds is 6. The fourth-order valence-corrected chi connectivity index (χ4v) is 4.14. The zero-order valence-corrected chi connectivity index (χ0v) is 17.4. The first-order chi connectivity index (χ1) is 15.3. The van der Waals surface area contributed by atoms with Gasteiger partial charge in [-0.2, -0.15) is 5.10 Å². The topological polar surface area (TPSA) is 72.7 Å². The average Bonchev–Trinajstić information content (AvgIpc) is 3.52. The predicted molar refractivity (Wildman–Crippen MR) is 122 cm³/mol. The highest BCUT2D eigenvalue weighted by Gasteiger charge is 2.14. The molecule has 0 saturated heterocycles. The molecule has 0 radical (unpaired) electrons. The number of pyridine rings is 1. The van der Waals surface area contributed by atoms with Gasteiger partial charge in [0.05, 0.1) is 28.2 Å². The number of para-hydroxylation sites is 1. The normalized spacial score (nSPS) is 11.0. The first kappa shape index (κ1) is 19.1. The van der Waals surface area contributed by atoms with Gasteiger partial charge < -0.3 is 5.32 Å². The monoisotopic (exact) mass is 425 g/mol. The Hall–Kier alpha value is -3.84. The number of hydrogen-bond donors (Lipinski definition) is 1. The quantitative estimate of drug-likeness (QED) is 0.434. The van der Waals surface area contributed by atoms with Crippen molar-refractivity contribution in [1.29, 1.82) is 0 Å². The first-order valence-electron chi connectivity index (χ1n) is 9.88. The van der Waals surface area contributed by atoms with Crippen molar-refractivity contribution < 1.29 is 4.79 Å². The molecule has 0 aliphatic carbocycles. The van der Waals surface area contributed by atoms with E-state index in [0.29, 0.717) is 18.7 Å². The smallest absolute Gasteiger partial charge is 0.252 e. The molecule has 0 atom stereocenters. The van der Waals surface area contributed by atoms with Crippen LogP contribution in [-0.2, 0) is 13.1 Å². The van der Waals surface area contributed by atoms with E-state index >= 15 is 0 Å². The van der Waals surface area contributed by atoms with Crippen LogP contribution in [0, 0.1) is 0 Å². The molecule has 0 aliphatic heterocycles. The van der Waals surface area contributed by atoms with Crippen molar-refractivity contribution >= 4 is 28.1 Å². The van der Waals surface area contributed by atoms with Gasteiger partial charge in [0.2, 0.25) is 0 Å². The summed E-state index contributed by atoms with van der Waals surface area (Å²) in [6, 6.07) is 21.8. The van der Waals surface area contributed by atoms with Gasteiger partial charge in [-0.3, -0.25) is 4.79 Å². The molecule has 1 N–H and O–H groups in total. The van der Waals surface area contributed by atoms with Crippen molar-refractivity contribution in [3.05, 3.63) is 101 Å². The predicted octanol–water partition coefficient (Wildman–Crippen LogP) is 4.53. The molecule has 6 nitrogen and oxygen atoms in total. The van der Waals surface area contributed by atoms with Crippen molar-refractivity contribution in [3.63, 3.8) is 0 Å². The minimum absolute atomic E-state index is 0.108. The van der Waals surface area contributed by atoms with Crippen molar-refractivity contribution in [1.82, 2.24) is 25.1 Å². The van der Waals surface area contributed by atoms with Crippen LogP contribution in [0.3, 0.4) is 0 Å². The summed E-state index contributed by atoms with van der Waals surface area (Å²) < 4.78 is 1.77. The Morgan fingerprint density at radius 1 is 1.00 bits per heavy atom. The molecular weight excluding hydrogens is 406 g/mol. The lowest BCUT2D eigenvalue weighted by Gasteiger charge is -2.10.